The first-order valence-electron chi connectivity index (χ1n) is 8.86. The van der Waals surface area contributed by atoms with Gasteiger partial charge in [-0.3, -0.25) is 4.99 Å². The van der Waals surface area contributed by atoms with Gasteiger partial charge in [0.2, 0.25) is 0 Å². The summed E-state index contributed by atoms with van der Waals surface area (Å²) in [4.78, 5) is 8.86. The first-order valence-corrected chi connectivity index (χ1v) is 9.24. The predicted molar refractivity (Wildman–Crippen MR) is 118 cm³/mol. The van der Waals surface area contributed by atoms with E-state index in [0.717, 1.165) is 37.0 Å². The smallest absolute Gasteiger partial charge is 0.191 e. The van der Waals surface area contributed by atoms with Crippen molar-refractivity contribution in [3.8, 4) is 5.75 Å². The van der Waals surface area contributed by atoms with Gasteiger partial charge in [-0.15, -0.1) is 24.0 Å². The summed E-state index contributed by atoms with van der Waals surface area (Å²) in [6.07, 6.45) is 2.01. The minimum Gasteiger partial charge on any atom is -0.487 e. The number of aliphatic imine (C=N–C) groups is 1. The summed E-state index contributed by atoms with van der Waals surface area (Å²) in [5.74, 6) is 3.18. The van der Waals surface area contributed by atoms with Crippen molar-refractivity contribution in [3.63, 3.8) is 0 Å². The monoisotopic (exact) mass is 504 g/mol. The second-order valence-corrected chi connectivity index (χ2v) is 6.80. The summed E-state index contributed by atoms with van der Waals surface area (Å²) in [5, 5.41) is 11.8. The maximum absolute atomic E-state index is 6.14. The molecule has 27 heavy (non-hydrogen) atoms. The van der Waals surface area contributed by atoms with Gasteiger partial charge in [-0.1, -0.05) is 23.7 Å². The van der Waals surface area contributed by atoms with Crippen LogP contribution in [0, 0.1) is 6.92 Å². The van der Waals surface area contributed by atoms with Crippen molar-refractivity contribution in [2.75, 3.05) is 13.6 Å². The molecule has 1 aliphatic heterocycles. The molecule has 1 aromatic carbocycles. The van der Waals surface area contributed by atoms with Crippen molar-refractivity contribution in [2.45, 2.75) is 45.4 Å². The van der Waals surface area contributed by atoms with Gasteiger partial charge in [0.1, 0.15) is 23.5 Å². The molecule has 2 unspecified atom stereocenters. The van der Waals surface area contributed by atoms with E-state index < -0.39 is 0 Å². The summed E-state index contributed by atoms with van der Waals surface area (Å²) < 4.78 is 7.86. The molecule has 0 spiro atoms. The third-order valence-corrected chi connectivity index (χ3v) is 4.55. The highest BCUT2D eigenvalue weighted by Crippen LogP contribution is 2.24. The number of fused-ring (bicyclic) bond motifs is 1. The van der Waals surface area contributed by atoms with Gasteiger partial charge in [-0.25, -0.2) is 9.67 Å². The van der Waals surface area contributed by atoms with E-state index in [1.54, 1.807) is 7.05 Å². The van der Waals surface area contributed by atoms with Gasteiger partial charge >= 0.3 is 0 Å². The first-order chi connectivity index (χ1) is 12.6. The van der Waals surface area contributed by atoms with Crippen LogP contribution in [-0.2, 0) is 6.54 Å². The second-order valence-electron chi connectivity index (χ2n) is 6.39. The Balaban J connectivity index is 0.00000261. The van der Waals surface area contributed by atoms with Crippen LogP contribution in [0.25, 0.3) is 0 Å². The summed E-state index contributed by atoms with van der Waals surface area (Å²) in [6, 6.07) is 7.58. The molecule has 2 heterocycles. The third-order valence-electron chi connectivity index (χ3n) is 4.24. The van der Waals surface area contributed by atoms with Crippen molar-refractivity contribution in [1.29, 1.82) is 0 Å². The molecule has 0 aliphatic carbocycles. The number of para-hydroxylation sites is 1. The zero-order valence-corrected chi connectivity index (χ0v) is 18.9. The molecular weight excluding hydrogens is 479 g/mol. The molecule has 148 valence electrons. The number of nitrogens with zero attached hydrogens (tertiary/aromatic N) is 4. The fourth-order valence-electron chi connectivity index (χ4n) is 3.00. The van der Waals surface area contributed by atoms with Gasteiger partial charge in [0.05, 0.1) is 17.6 Å². The van der Waals surface area contributed by atoms with E-state index in [4.69, 9.17) is 16.3 Å². The van der Waals surface area contributed by atoms with Gasteiger partial charge < -0.3 is 15.4 Å². The Labute approximate surface area is 182 Å². The molecule has 2 aromatic rings. The number of hydrogen-bond acceptors (Lipinski definition) is 4. The zero-order valence-electron chi connectivity index (χ0n) is 15.8. The molecule has 0 bridgehead atoms. The molecule has 1 aliphatic rings. The number of aryl methyl sites for hydroxylation is 2. The number of hydrogen-bond donors (Lipinski definition) is 2. The number of benzene rings is 1. The number of aromatic nitrogens is 3. The molecule has 2 N–H and O–H groups in total. The van der Waals surface area contributed by atoms with Crippen LogP contribution in [0.3, 0.4) is 0 Å². The number of ether oxygens (including phenoxy) is 1. The number of rotatable bonds is 5. The Kier molecular flexibility index (Phi) is 8.15. The summed E-state index contributed by atoms with van der Waals surface area (Å²) in [7, 11) is 1.76. The first kappa shape index (κ1) is 21.7. The normalized spacial score (nSPS) is 17.5. The highest BCUT2D eigenvalue weighted by atomic mass is 127. The molecule has 0 saturated carbocycles. The Morgan fingerprint density at radius 1 is 1.44 bits per heavy atom. The standard InChI is InChI=1S/C18H25ClN6O.HI/c1-12(26-16-9-5-4-7-14(16)19)11-21-18(20-3)23-15-8-6-10-25-17(15)22-13(2)24-25;/h4-5,7,9,12,15H,6,8,10-11H2,1-3H3,(H2,20,21,23);1H. The molecule has 0 amide bonds. The van der Waals surface area contributed by atoms with E-state index in [1.165, 1.54) is 0 Å². The Morgan fingerprint density at radius 2 is 2.22 bits per heavy atom. The lowest BCUT2D eigenvalue weighted by Gasteiger charge is -2.25. The summed E-state index contributed by atoms with van der Waals surface area (Å²) in [6.45, 7) is 5.43. The largest absolute Gasteiger partial charge is 0.487 e. The molecule has 0 radical (unpaired) electrons. The van der Waals surface area contributed by atoms with Crippen molar-refractivity contribution in [2.24, 2.45) is 4.99 Å². The molecule has 3 rings (SSSR count). The van der Waals surface area contributed by atoms with Crippen LogP contribution < -0.4 is 15.4 Å². The maximum Gasteiger partial charge on any atom is 0.191 e. The lowest BCUT2D eigenvalue weighted by Crippen LogP contribution is -2.44. The van der Waals surface area contributed by atoms with E-state index in [-0.39, 0.29) is 36.1 Å². The van der Waals surface area contributed by atoms with Gasteiger partial charge in [0.25, 0.3) is 0 Å². The summed E-state index contributed by atoms with van der Waals surface area (Å²) in [5.41, 5.74) is 0. The number of guanidine groups is 1. The Hall–Kier alpha value is -1.55. The van der Waals surface area contributed by atoms with Crippen molar-refractivity contribution >= 4 is 41.5 Å². The predicted octanol–water partition coefficient (Wildman–Crippen LogP) is 3.33. The van der Waals surface area contributed by atoms with Gasteiger partial charge in [-0.05, 0) is 38.8 Å². The van der Waals surface area contributed by atoms with Gasteiger partial charge in [0.15, 0.2) is 5.96 Å². The molecule has 9 heteroatoms. The van der Waals surface area contributed by atoms with Gasteiger partial charge in [-0.2, -0.15) is 5.10 Å². The van der Waals surface area contributed by atoms with Crippen LogP contribution in [0.15, 0.2) is 29.3 Å². The van der Waals surface area contributed by atoms with Crippen molar-refractivity contribution in [3.05, 3.63) is 40.9 Å². The highest BCUT2D eigenvalue weighted by Gasteiger charge is 2.24. The molecule has 7 nitrogen and oxygen atoms in total. The SMILES string of the molecule is CN=C(NCC(C)Oc1ccccc1Cl)NC1CCCn2nc(C)nc21.I. The van der Waals surface area contributed by atoms with E-state index in [2.05, 4.69) is 25.7 Å². The molecular formula is C18H26ClIN6O. The third kappa shape index (κ3) is 5.71. The number of halogens is 2. The van der Waals surface area contributed by atoms with Crippen molar-refractivity contribution in [1.82, 2.24) is 25.4 Å². The van der Waals surface area contributed by atoms with Crippen LogP contribution in [0.5, 0.6) is 5.75 Å². The molecule has 0 fully saturated rings. The average Bonchev–Trinajstić information content (AvgIpc) is 3.01. The lowest BCUT2D eigenvalue weighted by atomic mass is 10.1. The van der Waals surface area contributed by atoms with Crippen LogP contribution in [-0.4, -0.2) is 40.4 Å². The van der Waals surface area contributed by atoms with E-state index in [1.807, 2.05) is 42.8 Å². The minimum atomic E-state index is -0.0642. The lowest BCUT2D eigenvalue weighted by molar-refractivity contribution is 0.223. The molecule has 0 saturated heterocycles. The van der Waals surface area contributed by atoms with Crippen molar-refractivity contribution < 1.29 is 4.74 Å². The molecule has 1 aromatic heterocycles. The Bertz CT molecular complexity index is 781. The fraction of sp³-hybridized carbons (Fsp3) is 0.500. The highest BCUT2D eigenvalue weighted by molar-refractivity contribution is 14.0. The number of nitrogens with one attached hydrogen (secondary N) is 2. The maximum atomic E-state index is 6.14. The summed E-state index contributed by atoms with van der Waals surface area (Å²) >= 11 is 6.14. The zero-order chi connectivity index (χ0) is 18.5. The topological polar surface area (TPSA) is 76.4 Å². The fourth-order valence-corrected chi connectivity index (χ4v) is 3.18. The molecule has 2 atom stereocenters. The average molecular weight is 505 g/mol. The van der Waals surface area contributed by atoms with E-state index in [0.29, 0.717) is 17.3 Å². The van der Waals surface area contributed by atoms with Crippen LogP contribution in [0.2, 0.25) is 5.02 Å². The quantitative estimate of drug-likeness (QED) is 0.371. The van der Waals surface area contributed by atoms with Crippen LogP contribution in [0.4, 0.5) is 0 Å². The van der Waals surface area contributed by atoms with E-state index in [9.17, 15) is 0 Å². The van der Waals surface area contributed by atoms with Crippen LogP contribution in [0.1, 0.15) is 37.5 Å². The second kappa shape index (κ2) is 10.1. The van der Waals surface area contributed by atoms with Crippen LogP contribution >= 0.6 is 35.6 Å². The van der Waals surface area contributed by atoms with E-state index >= 15 is 0 Å². The Morgan fingerprint density at radius 3 is 2.96 bits per heavy atom. The minimum absolute atomic E-state index is 0. The van der Waals surface area contributed by atoms with Gasteiger partial charge in [0, 0.05) is 13.6 Å².